The lowest BCUT2D eigenvalue weighted by Gasteiger charge is -2.17. The first-order valence-corrected chi connectivity index (χ1v) is 5.19. The first-order chi connectivity index (χ1) is 7.43. The Morgan fingerprint density at radius 2 is 1.75 bits per heavy atom. The molecule has 1 amide bonds. The second-order valence-corrected chi connectivity index (χ2v) is 4.05. The zero-order valence-electron chi connectivity index (χ0n) is 8.97. The van der Waals surface area contributed by atoms with Crippen LogP contribution in [0.15, 0.2) is 0 Å². The van der Waals surface area contributed by atoms with Crippen molar-refractivity contribution in [2.75, 3.05) is 0 Å². The number of aliphatic carboxylic acids is 2. The van der Waals surface area contributed by atoms with E-state index in [2.05, 4.69) is 5.32 Å². The Labute approximate surface area is 92.6 Å². The molecule has 0 aromatic carbocycles. The third kappa shape index (κ3) is 2.71. The zero-order valence-corrected chi connectivity index (χ0v) is 8.97. The van der Waals surface area contributed by atoms with Crippen molar-refractivity contribution >= 4 is 17.8 Å². The zero-order chi connectivity index (χ0) is 12.3. The highest BCUT2D eigenvalue weighted by molar-refractivity contribution is 5.88. The second-order valence-electron chi connectivity index (χ2n) is 4.05. The van der Waals surface area contributed by atoms with Gasteiger partial charge < -0.3 is 15.5 Å². The fourth-order valence-electron chi connectivity index (χ4n) is 1.95. The first kappa shape index (κ1) is 12.5. The molecule has 90 valence electrons. The molecule has 0 radical (unpaired) electrons. The van der Waals surface area contributed by atoms with E-state index in [9.17, 15) is 14.4 Å². The predicted octanol–water partition coefficient (Wildman–Crippen LogP) is 0.0766. The minimum Gasteiger partial charge on any atom is -0.481 e. The van der Waals surface area contributed by atoms with Crippen molar-refractivity contribution in [2.45, 2.75) is 32.2 Å². The molecule has 3 N–H and O–H groups in total. The minimum atomic E-state index is -1.13. The van der Waals surface area contributed by atoms with E-state index < -0.39 is 35.7 Å². The summed E-state index contributed by atoms with van der Waals surface area (Å²) in [6, 6.07) is -0.984. The van der Waals surface area contributed by atoms with E-state index in [0.29, 0.717) is 19.3 Å². The Hall–Kier alpha value is -1.59. The molecule has 1 rings (SSSR count). The summed E-state index contributed by atoms with van der Waals surface area (Å²) in [6.45, 7) is 1.35. The van der Waals surface area contributed by atoms with E-state index >= 15 is 0 Å². The molecule has 0 bridgehead atoms. The molecule has 1 aliphatic rings. The molecule has 0 saturated heterocycles. The lowest BCUT2D eigenvalue weighted by atomic mass is 9.95. The summed E-state index contributed by atoms with van der Waals surface area (Å²) in [5.41, 5.74) is 0. The fourth-order valence-corrected chi connectivity index (χ4v) is 1.95. The van der Waals surface area contributed by atoms with Crippen LogP contribution in [0, 0.1) is 11.8 Å². The summed E-state index contributed by atoms with van der Waals surface area (Å²) < 4.78 is 0. The number of hydrogen-bond donors (Lipinski definition) is 3. The smallest absolute Gasteiger partial charge is 0.325 e. The summed E-state index contributed by atoms with van der Waals surface area (Å²) in [5, 5.41) is 19.8. The van der Waals surface area contributed by atoms with E-state index in [1.165, 1.54) is 6.92 Å². The minimum absolute atomic E-state index is 0.472. The van der Waals surface area contributed by atoms with Gasteiger partial charge in [0.15, 0.2) is 0 Å². The van der Waals surface area contributed by atoms with E-state index in [4.69, 9.17) is 10.2 Å². The molecule has 16 heavy (non-hydrogen) atoms. The van der Waals surface area contributed by atoms with Crippen LogP contribution in [0.1, 0.15) is 26.2 Å². The van der Waals surface area contributed by atoms with Gasteiger partial charge in [0.1, 0.15) is 6.04 Å². The van der Waals surface area contributed by atoms with Crippen molar-refractivity contribution in [3.63, 3.8) is 0 Å². The standard InChI is InChI=1S/C10H15NO5/c1-5(9(13)14)11-8(12)6-3-2-4-7(6)10(15)16/h5-7H,2-4H2,1H3,(H,11,12)(H,13,14)(H,15,16). The van der Waals surface area contributed by atoms with Gasteiger partial charge in [-0.2, -0.15) is 0 Å². The molecule has 0 aromatic heterocycles. The van der Waals surface area contributed by atoms with Crippen LogP contribution in [0.4, 0.5) is 0 Å². The number of nitrogens with one attached hydrogen (secondary N) is 1. The van der Waals surface area contributed by atoms with Gasteiger partial charge >= 0.3 is 11.9 Å². The Morgan fingerprint density at radius 1 is 1.19 bits per heavy atom. The van der Waals surface area contributed by atoms with Gasteiger partial charge in [0, 0.05) is 0 Å². The maximum Gasteiger partial charge on any atom is 0.325 e. The Morgan fingerprint density at radius 3 is 2.25 bits per heavy atom. The maximum absolute atomic E-state index is 11.6. The normalized spacial score (nSPS) is 26.1. The molecule has 1 aliphatic carbocycles. The van der Waals surface area contributed by atoms with Gasteiger partial charge in [0.25, 0.3) is 0 Å². The number of carbonyl (C=O) groups excluding carboxylic acids is 1. The quantitative estimate of drug-likeness (QED) is 0.633. The highest BCUT2D eigenvalue weighted by Gasteiger charge is 2.38. The Bertz CT molecular complexity index is 314. The van der Waals surface area contributed by atoms with Gasteiger partial charge in [-0.3, -0.25) is 14.4 Å². The van der Waals surface area contributed by atoms with Gasteiger partial charge in [-0.1, -0.05) is 6.42 Å². The van der Waals surface area contributed by atoms with Gasteiger partial charge in [-0.25, -0.2) is 0 Å². The number of amides is 1. The molecule has 1 fully saturated rings. The average molecular weight is 229 g/mol. The number of hydrogen-bond acceptors (Lipinski definition) is 3. The monoisotopic (exact) mass is 229 g/mol. The number of rotatable bonds is 4. The lowest BCUT2D eigenvalue weighted by molar-refractivity contribution is -0.147. The highest BCUT2D eigenvalue weighted by atomic mass is 16.4. The Kier molecular flexibility index (Phi) is 3.87. The first-order valence-electron chi connectivity index (χ1n) is 5.19. The number of carbonyl (C=O) groups is 3. The van der Waals surface area contributed by atoms with Gasteiger partial charge in [0.05, 0.1) is 11.8 Å². The van der Waals surface area contributed by atoms with Crippen molar-refractivity contribution in [1.82, 2.24) is 5.32 Å². The van der Waals surface area contributed by atoms with Crippen LogP contribution < -0.4 is 5.32 Å². The number of carboxylic acid groups (broad SMARTS) is 2. The van der Waals surface area contributed by atoms with Crippen molar-refractivity contribution in [2.24, 2.45) is 11.8 Å². The molecule has 0 heterocycles. The average Bonchev–Trinajstić information content (AvgIpc) is 2.65. The van der Waals surface area contributed by atoms with Crippen molar-refractivity contribution in [1.29, 1.82) is 0 Å². The highest BCUT2D eigenvalue weighted by Crippen LogP contribution is 2.32. The van der Waals surface area contributed by atoms with Crippen LogP contribution in [-0.4, -0.2) is 34.1 Å². The summed E-state index contributed by atoms with van der Waals surface area (Å²) in [4.78, 5) is 33.0. The molecule has 6 heteroatoms. The summed E-state index contributed by atoms with van der Waals surface area (Å²) in [5.74, 6) is -3.86. The predicted molar refractivity (Wildman–Crippen MR) is 53.7 cm³/mol. The third-order valence-electron chi connectivity index (χ3n) is 2.90. The molecule has 0 spiro atoms. The van der Waals surface area contributed by atoms with E-state index in [1.807, 2.05) is 0 Å². The molecule has 0 aliphatic heterocycles. The van der Waals surface area contributed by atoms with Crippen LogP contribution in [0.2, 0.25) is 0 Å². The van der Waals surface area contributed by atoms with Crippen LogP contribution >= 0.6 is 0 Å². The fraction of sp³-hybridized carbons (Fsp3) is 0.700. The second kappa shape index (κ2) is 4.96. The molecule has 3 atom stereocenters. The lowest BCUT2D eigenvalue weighted by Crippen LogP contribution is -2.43. The molecule has 0 aromatic rings. The SMILES string of the molecule is CC(NC(=O)C1CCCC1C(=O)O)C(=O)O. The van der Waals surface area contributed by atoms with E-state index in [0.717, 1.165) is 0 Å². The Balaban J connectivity index is 2.60. The molecular weight excluding hydrogens is 214 g/mol. The van der Waals surface area contributed by atoms with Crippen molar-refractivity contribution in [3.8, 4) is 0 Å². The molecule has 3 unspecified atom stereocenters. The van der Waals surface area contributed by atoms with Crippen LogP contribution in [-0.2, 0) is 14.4 Å². The van der Waals surface area contributed by atoms with Crippen molar-refractivity contribution in [3.05, 3.63) is 0 Å². The molecular formula is C10H15NO5. The van der Waals surface area contributed by atoms with Crippen LogP contribution in [0.5, 0.6) is 0 Å². The summed E-state index contributed by atoms with van der Waals surface area (Å²) >= 11 is 0. The van der Waals surface area contributed by atoms with Gasteiger partial charge in [-0.15, -0.1) is 0 Å². The van der Waals surface area contributed by atoms with E-state index in [-0.39, 0.29) is 0 Å². The van der Waals surface area contributed by atoms with Gasteiger partial charge in [-0.05, 0) is 19.8 Å². The summed E-state index contributed by atoms with van der Waals surface area (Å²) in [6.07, 6.45) is 1.68. The van der Waals surface area contributed by atoms with Crippen LogP contribution in [0.3, 0.4) is 0 Å². The maximum atomic E-state index is 11.6. The largest absolute Gasteiger partial charge is 0.481 e. The topological polar surface area (TPSA) is 104 Å². The molecule has 1 saturated carbocycles. The number of carboxylic acids is 2. The van der Waals surface area contributed by atoms with Crippen molar-refractivity contribution < 1.29 is 24.6 Å². The molecule has 6 nitrogen and oxygen atoms in total. The summed E-state index contributed by atoms with van der Waals surface area (Å²) in [7, 11) is 0. The van der Waals surface area contributed by atoms with E-state index in [1.54, 1.807) is 0 Å². The van der Waals surface area contributed by atoms with Crippen LogP contribution in [0.25, 0.3) is 0 Å². The third-order valence-corrected chi connectivity index (χ3v) is 2.90. The van der Waals surface area contributed by atoms with Gasteiger partial charge in [0.2, 0.25) is 5.91 Å².